The molecule has 3 aliphatic rings. The average Bonchev–Trinajstić information content (AvgIpc) is 3.08. The fourth-order valence-corrected chi connectivity index (χ4v) is 3.00. The molecule has 0 heterocycles. The molecule has 0 radical (unpaired) electrons. The fourth-order valence-electron chi connectivity index (χ4n) is 3.00. The minimum absolute atomic E-state index is 0.345. The number of nitrogens with zero attached hydrogens (tertiary/aromatic N) is 1. The van der Waals surface area contributed by atoms with Gasteiger partial charge in [-0.2, -0.15) is 0 Å². The molecule has 0 aromatic heterocycles. The third-order valence-corrected chi connectivity index (χ3v) is 4.48. The van der Waals surface area contributed by atoms with Crippen LogP contribution in [-0.2, 0) is 4.79 Å². The molecule has 3 aliphatic carbocycles. The SMILES string of the molecule is CN(CC1CC1)CC(NC1CC1)(C(=O)O)C1CC1. The standard InChI is InChI=1S/C14H24N2O2/c1-16(8-10-2-3-10)9-14(13(17)18,11-4-5-11)15-12-6-7-12/h10-12,15H,2-9H2,1H3,(H,17,18). The lowest BCUT2D eigenvalue weighted by atomic mass is 9.92. The van der Waals surface area contributed by atoms with Crippen LogP contribution in [0.15, 0.2) is 0 Å². The summed E-state index contributed by atoms with van der Waals surface area (Å²) in [6.45, 7) is 1.73. The number of rotatable bonds is 8. The highest BCUT2D eigenvalue weighted by molar-refractivity contribution is 5.80. The van der Waals surface area contributed by atoms with Crippen LogP contribution in [0.5, 0.6) is 0 Å². The summed E-state index contributed by atoms with van der Waals surface area (Å²) < 4.78 is 0. The number of carboxylic acids is 1. The molecule has 3 fully saturated rings. The predicted octanol–water partition coefficient (Wildman–Crippen LogP) is 1.31. The Balaban J connectivity index is 1.67. The zero-order valence-corrected chi connectivity index (χ0v) is 11.2. The second-order valence-corrected chi connectivity index (χ2v) is 6.61. The zero-order chi connectivity index (χ0) is 12.8. The molecule has 0 aromatic carbocycles. The van der Waals surface area contributed by atoms with Crippen molar-refractivity contribution in [3.63, 3.8) is 0 Å². The smallest absolute Gasteiger partial charge is 0.325 e. The lowest BCUT2D eigenvalue weighted by molar-refractivity contribution is -0.147. The number of hydrogen-bond acceptors (Lipinski definition) is 3. The minimum Gasteiger partial charge on any atom is -0.480 e. The van der Waals surface area contributed by atoms with Crippen molar-refractivity contribution in [1.82, 2.24) is 10.2 Å². The number of aliphatic carboxylic acids is 1. The highest BCUT2D eigenvalue weighted by atomic mass is 16.4. The average molecular weight is 252 g/mol. The highest BCUT2D eigenvalue weighted by Gasteiger charge is 2.53. The van der Waals surface area contributed by atoms with Gasteiger partial charge in [0.1, 0.15) is 5.54 Å². The van der Waals surface area contributed by atoms with Gasteiger partial charge in [-0.1, -0.05) is 0 Å². The van der Waals surface area contributed by atoms with E-state index in [0.717, 1.165) is 38.1 Å². The molecule has 3 rings (SSSR count). The monoisotopic (exact) mass is 252 g/mol. The van der Waals surface area contributed by atoms with Crippen LogP contribution in [0.3, 0.4) is 0 Å². The molecule has 4 heteroatoms. The van der Waals surface area contributed by atoms with Crippen molar-refractivity contribution in [1.29, 1.82) is 0 Å². The number of carbonyl (C=O) groups is 1. The van der Waals surface area contributed by atoms with E-state index in [2.05, 4.69) is 17.3 Å². The lowest BCUT2D eigenvalue weighted by Crippen LogP contribution is -2.61. The van der Waals surface area contributed by atoms with Crippen LogP contribution in [0.4, 0.5) is 0 Å². The van der Waals surface area contributed by atoms with Crippen LogP contribution in [0, 0.1) is 11.8 Å². The van der Waals surface area contributed by atoms with Gasteiger partial charge >= 0.3 is 5.97 Å². The van der Waals surface area contributed by atoms with Gasteiger partial charge in [0, 0.05) is 19.1 Å². The fraction of sp³-hybridized carbons (Fsp3) is 0.929. The van der Waals surface area contributed by atoms with Gasteiger partial charge in [-0.15, -0.1) is 0 Å². The van der Waals surface area contributed by atoms with E-state index in [0.29, 0.717) is 18.5 Å². The Morgan fingerprint density at radius 3 is 2.39 bits per heavy atom. The van der Waals surface area contributed by atoms with Gasteiger partial charge in [0.2, 0.25) is 0 Å². The third-order valence-electron chi connectivity index (χ3n) is 4.48. The van der Waals surface area contributed by atoms with Gasteiger partial charge in [0.15, 0.2) is 0 Å². The molecular formula is C14H24N2O2. The van der Waals surface area contributed by atoms with Gasteiger partial charge in [0.25, 0.3) is 0 Å². The van der Waals surface area contributed by atoms with E-state index in [1.54, 1.807) is 0 Å². The van der Waals surface area contributed by atoms with Crippen molar-refractivity contribution in [2.24, 2.45) is 11.8 Å². The van der Waals surface area contributed by atoms with Gasteiger partial charge in [-0.05, 0) is 57.4 Å². The van der Waals surface area contributed by atoms with Gasteiger partial charge in [-0.3, -0.25) is 10.1 Å². The molecule has 1 unspecified atom stereocenters. The Kier molecular flexibility index (Phi) is 3.10. The first-order valence-electron chi connectivity index (χ1n) is 7.30. The van der Waals surface area contributed by atoms with Crippen molar-refractivity contribution in [3.8, 4) is 0 Å². The minimum atomic E-state index is -0.676. The summed E-state index contributed by atoms with van der Waals surface area (Å²) in [6, 6.07) is 0.455. The molecule has 0 bridgehead atoms. The normalized spacial score (nSPS) is 27.2. The van der Waals surface area contributed by atoms with E-state index >= 15 is 0 Å². The Hall–Kier alpha value is -0.610. The van der Waals surface area contributed by atoms with Gasteiger partial charge in [-0.25, -0.2) is 0 Å². The first-order chi connectivity index (χ1) is 8.60. The Labute approximate surface area is 109 Å². The summed E-state index contributed by atoms with van der Waals surface area (Å²) >= 11 is 0. The Morgan fingerprint density at radius 1 is 1.28 bits per heavy atom. The second-order valence-electron chi connectivity index (χ2n) is 6.61. The topological polar surface area (TPSA) is 52.6 Å². The maximum atomic E-state index is 11.8. The second kappa shape index (κ2) is 4.49. The molecule has 102 valence electrons. The van der Waals surface area contributed by atoms with E-state index in [1.165, 1.54) is 12.8 Å². The molecule has 3 saturated carbocycles. The molecule has 0 saturated heterocycles. The number of likely N-dealkylation sites (N-methyl/N-ethyl adjacent to an activating group) is 1. The van der Waals surface area contributed by atoms with Crippen LogP contribution in [0.2, 0.25) is 0 Å². The molecule has 0 amide bonds. The lowest BCUT2D eigenvalue weighted by Gasteiger charge is -2.35. The quantitative estimate of drug-likeness (QED) is 0.684. The van der Waals surface area contributed by atoms with Crippen molar-refractivity contribution in [2.75, 3.05) is 20.1 Å². The summed E-state index contributed by atoms with van der Waals surface area (Å²) in [5.41, 5.74) is -0.676. The first-order valence-corrected chi connectivity index (χ1v) is 7.30. The van der Waals surface area contributed by atoms with Crippen LogP contribution in [-0.4, -0.2) is 47.7 Å². The van der Waals surface area contributed by atoms with E-state index in [4.69, 9.17) is 0 Å². The van der Waals surface area contributed by atoms with Gasteiger partial charge in [0.05, 0.1) is 0 Å². The summed E-state index contributed by atoms with van der Waals surface area (Å²) in [5, 5.41) is 13.2. The summed E-state index contributed by atoms with van der Waals surface area (Å²) in [5.74, 6) is 0.526. The van der Waals surface area contributed by atoms with Crippen molar-refractivity contribution in [3.05, 3.63) is 0 Å². The molecule has 4 nitrogen and oxygen atoms in total. The van der Waals surface area contributed by atoms with Crippen molar-refractivity contribution < 1.29 is 9.90 Å². The molecule has 1 atom stereocenters. The van der Waals surface area contributed by atoms with E-state index in [9.17, 15) is 9.90 Å². The van der Waals surface area contributed by atoms with Crippen molar-refractivity contribution >= 4 is 5.97 Å². The van der Waals surface area contributed by atoms with E-state index in [1.807, 2.05) is 0 Å². The van der Waals surface area contributed by atoms with E-state index in [-0.39, 0.29) is 0 Å². The largest absolute Gasteiger partial charge is 0.480 e. The summed E-state index contributed by atoms with van der Waals surface area (Å²) in [6.07, 6.45) is 7.09. The number of hydrogen-bond donors (Lipinski definition) is 2. The third kappa shape index (κ3) is 2.69. The molecule has 2 N–H and O–H groups in total. The van der Waals surface area contributed by atoms with E-state index < -0.39 is 11.5 Å². The predicted molar refractivity (Wildman–Crippen MR) is 69.5 cm³/mol. The first kappa shape index (κ1) is 12.4. The molecular weight excluding hydrogens is 228 g/mol. The van der Waals surface area contributed by atoms with Crippen LogP contribution >= 0.6 is 0 Å². The Morgan fingerprint density at radius 2 is 1.94 bits per heavy atom. The maximum absolute atomic E-state index is 11.8. The van der Waals surface area contributed by atoms with Crippen LogP contribution in [0.25, 0.3) is 0 Å². The number of nitrogens with one attached hydrogen (secondary N) is 1. The highest BCUT2D eigenvalue weighted by Crippen LogP contribution is 2.42. The molecule has 18 heavy (non-hydrogen) atoms. The summed E-state index contributed by atoms with van der Waals surface area (Å²) in [4.78, 5) is 14.0. The van der Waals surface area contributed by atoms with Crippen LogP contribution < -0.4 is 5.32 Å². The molecule has 0 aliphatic heterocycles. The molecule has 0 spiro atoms. The maximum Gasteiger partial charge on any atom is 0.325 e. The van der Waals surface area contributed by atoms with Crippen LogP contribution in [0.1, 0.15) is 38.5 Å². The Bertz CT molecular complexity index is 335. The van der Waals surface area contributed by atoms with Crippen molar-refractivity contribution in [2.45, 2.75) is 50.1 Å². The number of carboxylic acid groups (broad SMARTS) is 1. The zero-order valence-electron chi connectivity index (χ0n) is 11.2. The van der Waals surface area contributed by atoms with Gasteiger partial charge < -0.3 is 10.0 Å². The molecule has 0 aromatic rings. The summed E-state index contributed by atoms with van der Waals surface area (Å²) in [7, 11) is 2.08.